The zero-order valence-corrected chi connectivity index (χ0v) is 22.2. The summed E-state index contributed by atoms with van der Waals surface area (Å²) in [5.41, 5.74) is 0.296. The number of nitrogens with zero attached hydrogens (tertiary/aromatic N) is 5. The van der Waals surface area contributed by atoms with Gasteiger partial charge in [0.25, 0.3) is 5.91 Å². The molecule has 1 aromatic carbocycles. The van der Waals surface area contributed by atoms with Crippen LogP contribution in [0.2, 0.25) is 0 Å². The molecule has 0 atom stereocenters. The number of rotatable bonds is 5. The predicted molar refractivity (Wildman–Crippen MR) is 138 cm³/mol. The second-order valence-corrected chi connectivity index (χ2v) is 12.1. The fourth-order valence-corrected chi connectivity index (χ4v) is 6.20. The molecule has 3 aromatic rings. The van der Waals surface area contributed by atoms with Crippen LogP contribution in [0.3, 0.4) is 0 Å². The minimum atomic E-state index is -3.33. The van der Waals surface area contributed by atoms with E-state index in [1.807, 2.05) is 0 Å². The Morgan fingerprint density at radius 3 is 2.46 bits per heavy atom. The SMILES string of the molecule is CC(C)OC(=O)N1CCC(n2cc(F)c3c(Nc4ccc(C(=O)N5CCS(=O)(=O)C5)cc4F)ncnc32)CC1. The fourth-order valence-electron chi connectivity index (χ4n) is 4.85. The lowest BCUT2D eigenvalue weighted by Crippen LogP contribution is -2.40. The molecule has 2 saturated heterocycles. The minimum Gasteiger partial charge on any atom is -0.447 e. The van der Waals surface area contributed by atoms with Crippen molar-refractivity contribution in [2.24, 2.45) is 0 Å². The number of aromatic nitrogens is 3. The molecule has 0 saturated carbocycles. The van der Waals surface area contributed by atoms with Gasteiger partial charge >= 0.3 is 6.09 Å². The van der Waals surface area contributed by atoms with Gasteiger partial charge in [-0.2, -0.15) is 0 Å². The number of sulfone groups is 1. The topological polar surface area (TPSA) is 127 Å². The van der Waals surface area contributed by atoms with Crippen LogP contribution in [0.1, 0.15) is 43.1 Å². The van der Waals surface area contributed by atoms with Gasteiger partial charge < -0.3 is 24.4 Å². The van der Waals surface area contributed by atoms with E-state index in [1.54, 1.807) is 23.3 Å². The van der Waals surface area contributed by atoms with E-state index in [0.29, 0.717) is 31.6 Å². The highest BCUT2D eigenvalue weighted by Gasteiger charge is 2.31. The Kier molecular flexibility index (Phi) is 7.14. The lowest BCUT2D eigenvalue weighted by Gasteiger charge is -2.32. The molecule has 11 nitrogen and oxygen atoms in total. The van der Waals surface area contributed by atoms with Gasteiger partial charge in [-0.1, -0.05) is 0 Å². The van der Waals surface area contributed by atoms with E-state index in [9.17, 15) is 22.4 Å². The lowest BCUT2D eigenvalue weighted by atomic mass is 10.1. The average molecular weight is 563 g/mol. The largest absolute Gasteiger partial charge is 0.447 e. The quantitative estimate of drug-likeness (QED) is 0.501. The van der Waals surface area contributed by atoms with Gasteiger partial charge in [0.1, 0.15) is 29.5 Å². The monoisotopic (exact) mass is 562 g/mol. The van der Waals surface area contributed by atoms with E-state index in [0.717, 1.165) is 11.0 Å². The molecule has 0 spiro atoms. The Labute approximate surface area is 223 Å². The zero-order valence-electron chi connectivity index (χ0n) is 21.4. The molecule has 0 aliphatic carbocycles. The molecular formula is C25H28F2N6O5S. The van der Waals surface area contributed by atoms with Crippen LogP contribution in [0.4, 0.5) is 25.1 Å². The van der Waals surface area contributed by atoms with Crippen molar-refractivity contribution in [2.45, 2.75) is 38.8 Å². The zero-order chi connectivity index (χ0) is 27.9. The third-order valence-electron chi connectivity index (χ3n) is 6.80. The van der Waals surface area contributed by atoms with Crippen LogP contribution in [0.5, 0.6) is 0 Å². The average Bonchev–Trinajstić information content (AvgIpc) is 3.44. The molecule has 14 heteroatoms. The number of carbonyl (C=O) groups is 2. The number of nitrogens with one attached hydrogen (secondary N) is 1. The van der Waals surface area contributed by atoms with Crippen LogP contribution >= 0.6 is 0 Å². The van der Waals surface area contributed by atoms with Gasteiger partial charge in [-0.15, -0.1) is 0 Å². The van der Waals surface area contributed by atoms with Gasteiger partial charge in [0.2, 0.25) is 0 Å². The first-order chi connectivity index (χ1) is 18.5. The van der Waals surface area contributed by atoms with Gasteiger partial charge in [0.05, 0.1) is 22.9 Å². The highest BCUT2D eigenvalue weighted by molar-refractivity contribution is 7.91. The third kappa shape index (κ3) is 5.51. The third-order valence-corrected chi connectivity index (χ3v) is 8.31. The van der Waals surface area contributed by atoms with Gasteiger partial charge in [-0.25, -0.2) is 32.0 Å². The van der Waals surface area contributed by atoms with E-state index in [1.165, 1.54) is 24.7 Å². The van der Waals surface area contributed by atoms with Crippen LogP contribution in [0.15, 0.2) is 30.7 Å². The maximum atomic E-state index is 15.2. The number of amides is 2. The second-order valence-electron chi connectivity index (χ2n) is 9.92. The number of benzene rings is 1. The van der Waals surface area contributed by atoms with Crippen LogP contribution in [0.25, 0.3) is 11.0 Å². The Morgan fingerprint density at radius 1 is 1.08 bits per heavy atom. The normalized spacial score (nSPS) is 17.7. The molecule has 4 heterocycles. The van der Waals surface area contributed by atoms with Crippen molar-refractivity contribution in [2.75, 3.05) is 36.6 Å². The Hall–Kier alpha value is -3.81. The van der Waals surface area contributed by atoms with Crippen molar-refractivity contribution in [1.29, 1.82) is 0 Å². The molecule has 0 unspecified atom stereocenters. The van der Waals surface area contributed by atoms with Crippen molar-refractivity contribution in [3.63, 3.8) is 0 Å². The first kappa shape index (κ1) is 26.8. The number of halogens is 2. The van der Waals surface area contributed by atoms with Crippen molar-refractivity contribution in [3.05, 3.63) is 47.9 Å². The van der Waals surface area contributed by atoms with Gasteiger partial charge in [0.15, 0.2) is 15.7 Å². The molecule has 208 valence electrons. The molecular weight excluding hydrogens is 534 g/mol. The first-order valence-electron chi connectivity index (χ1n) is 12.6. The summed E-state index contributed by atoms with van der Waals surface area (Å²) in [7, 11) is -3.33. The van der Waals surface area contributed by atoms with Crippen molar-refractivity contribution >= 4 is 44.4 Å². The second kappa shape index (κ2) is 10.4. The highest BCUT2D eigenvalue weighted by atomic mass is 32.2. The number of hydrogen-bond donors (Lipinski definition) is 1. The summed E-state index contributed by atoms with van der Waals surface area (Å²) in [6.45, 7) is 4.53. The van der Waals surface area contributed by atoms with E-state index in [2.05, 4.69) is 15.3 Å². The molecule has 39 heavy (non-hydrogen) atoms. The van der Waals surface area contributed by atoms with Crippen LogP contribution in [-0.2, 0) is 14.6 Å². The molecule has 1 N–H and O–H groups in total. The Balaban J connectivity index is 1.33. The molecule has 2 amide bonds. The van der Waals surface area contributed by atoms with E-state index in [-0.39, 0.29) is 53.0 Å². The Bertz CT molecular complexity index is 1540. The smallest absolute Gasteiger partial charge is 0.410 e. The van der Waals surface area contributed by atoms with E-state index >= 15 is 4.39 Å². The summed E-state index contributed by atoms with van der Waals surface area (Å²) in [5.74, 6) is -2.42. The Morgan fingerprint density at radius 2 is 1.82 bits per heavy atom. The molecule has 2 aromatic heterocycles. The number of likely N-dealkylation sites (tertiary alicyclic amines) is 1. The van der Waals surface area contributed by atoms with E-state index < -0.39 is 33.3 Å². The number of fused-ring (bicyclic) bond motifs is 1. The summed E-state index contributed by atoms with van der Waals surface area (Å²) >= 11 is 0. The van der Waals surface area contributed by atoms with Gasteiger partial charge in [-0.3, -0.25) is 4.79 Å². The van der Waals surface area contributed by atoms with Crippen LogP contribution in [0, 0.1) is 11.6 Å². The number of hydrogen-bond acceptors (Lipinski definition) is 8. The summed E-state index contributed by atoms with van der Waals surface area (Å²) < 4.78 is 60.5. The number of anilines is 2. The van der Waals surface area contributed by atoms with E-state index in [4.69, 9.17) is 4.74 Å². The fraction of sp³-hybridized carbons (Fsp3) is 0.440. The highest BCUT2D eigenvalue weighted by Crippen LogP contribution is 2.33. The summed E-state index contributed by atoms with van der Waals surface area (Å²) in [5, 5.41) is 2.88. The molecule has 0 bridgehead atoms. The molecule has 2 aliphatic heterocycles. The number of piperidine rings is 1. The maximum absolute atomic E-state index is 15.2. The van der Waals surface area contributed by atoms with Crippen LogP contribution in [-0.4, -0.2) is 82.1 Å². The number of carbonyl (C=O) groups excluding carboxylic acids is 2. The predicted octanol–water partition coefficient (Wildman–Crippen LogP) is 3.46. The van der Waals surface area contributed by atoms with Gasteiger partial charge in [-0.05, 0) is 44.9 Å². The van der Waals surface area contributed by atoms with Crippen molar-refractivity contribution in [3.8, 4) is 0 Å². The maximum Gasteiger partial charge on any atom is 0.410 e. The van der Waals surface area contributed by atoms with Gasteiger partial charge in [0, 0.05) is 37.4 Å². The first-order valence-corrected chi connectivity index (χ1v) is 14.4. The minimum absolute atomic E-state index is 0.00364. The van der Waals surface area contributed by atoms with Crippen molar-refractivity contribution < 1.29 is 31.5 Å². The molecule has 2 aliphatic rings. The van der Waals surface area contributed by atoms with Crippen molar-refractivity contribution in [1.82, 2.24) is 24.3 Å². The number of ether oxygens (including phenoxy) is 1. The summed E-state index contributed by atoms with van der Waals surface area (Å²) in [6, 6.07) is 3.59. The summed E-state index contributed by atoms with van der Waals surface area (Å²) in [6.07, 6.45) is 3.14. The molecule has 2 fully saturated rings. The molecule has 5 rings (SSSR count). The van der Waals surface area contributed by atoms with Crippen LogP contribution < -0.4 is 5.32 Å². The molecule has 0 radical (unpaired) electrons. The summed E-state index contributed by atoms with van der Waals surface area (Å²) in [4.78, 5) is 36.0. The lowest BCUT2D eigenvalue weighted by molar-refractivity contribution is 0.0662. The standard InChI is InChI=1S/C25H28F2N6O5S/c1-15(2)38-25(35)31-7-5-17(6-8-31)33-12-19(27)21-22(28-13-29-23(21)33)30-20-4-3-16(11-18(20)26)24(34)32-9-10-39(36,37)14-32/h3-4,11-13,15,17H,5-10,14H2,1-2H3,(H,28,29,30).